The summed E-state index contributed by atoms with van der Waals surface area (Å²) in [5, 5.41) is 5.39. The van der Waals surface area contributed by atoms with Crippen LogP contribution in [0.4, 0.5) is 19.0 Å². The number of thiophene rings is 1. The Morgan fingerprint density at radius 2 is 1.74 bits per heavy atom. The van der Waals surface area contributed by atoms with E-state index in [2.05, 4.69) is 20.3 Å². The van der Waals surface area contributed by atoms with Crippen molar-refractivity contribution in [2.75, 3.05) is 5.32 Å². The van der Waals surface area contributed by atoms with Gasteiger partial charge < -0.3 is 5.32 Å². The summed E-state index contributed by atoms with van der Waals surface area (Å²) in [6.45, 7) is 0.258. The molecule has 0 atom stereocenters. The van der Waals surface area contributed by atoms with E-state index in [0.717, 1.165) is 11.1 Å². The maximum atomic E-state index is 13.2. The van der Waals surface area contributed by atoms with Gasteiger partial charge in [-0.2, -0.15) is 13.2 Å². The van der Waals surface area contributed by atoms with Crippen molar-refractivity contribution in [3.8, 4) is 11.1 Å². The van der Waals surface area contributed by atoms with E-state index < -0.39 is 12.0 Å². The number of nitrogens with one attached hydrogen (secondary N) is 1. The van der Waals surface area contributed by atoms with Gasteiger partial charge in [0, 0.05) is 17.1 Å². The molecular weight excluding hydrogens is 373 g/mol. The zero-order valence-electron chi connectivity index (χ0n) is 13.9. The second kappa shape index (κ2) is 6.96. The van der Waals surface area contributed by atoms with Crippen molar-refractivity contribution in [1.82, 2.24) is 15.0 Å². The highest BCUT2D eigenvalue weighted by molar-refractivity contribution is 7.17. The summed E-state index contributed by atoms with van der Waals surface area (Å²) in [6.07, 6.45) is -2.99. The standard InChI is InChI=1S/C19H13F3N4S/c20-19(21,22)18-25-16(24-10-13-8-4-5-9-23-13)15-14(11-27-17(15)26-18)12-6-2-1-3-7-12/h1-9,11H,10H2,(H,24,25,26). The maximum Gasteiger partial charge on any atom is 0.451 e. The molecule has 0 saturated heterocycles. The zero-order chi connectivity index (χ0) is 18.9. The first-order chi connectivity index (χ1) is 13.0. The minimum atomic E-state index is -4.62. The number of anilines is 1. The molecular formula is C19H13F3N4S. The van der Waals surface area contributed by atoms with Crippen LogP contribution in [-0.4, -0.2) is 15.0 Å². The van der Waals surface area contributed by atoms with Crippen LogP contribution >= 0.6 is 11.3 Å². The molecule has 4 nitrogen and oxygen atoms in total. The third-order valence-electron chi connectivity index (χ3n) is 3.94. The minimum Gasteiger partial charge on any atom is -0.364 e. The quantitative estimate of drug-likeness (QED) is 0.511. The Labute approximate surface area is 156 Å². The fourth-order valence-corrected chi connectivity index (χ4v) is 3.65. The largest absolute Gasteiger partial charge is 0.451 e. The number of fused-ring (bicyclic) bond motifs is 1. The van der Waals surface area contributed by atoms with Gasteiger partial charge in [-0.15, -0.1) is 11.3 Å². The van der Waals surface area contributed by atoms with E-state index in [1.54, 1.807) is 23.7 Å². The minimum absolute atomic E-state index is 0.151. The number of pyridine rings is 1. The SMILES string of the molecule is FC(F)(F)c1nc(NCc2ccccn2)c2c(-c3ccccc3)csc2n1. The molecule has 0 saturated carbocycles. The Balaban J connectivity index is 1.83. The van der Waals surface area contributed by atoms with Gasteiger partial charge >= 0.3 is 6.18 Å². The molecule has 8 heteroatoms. The van der Waals surface area contributed by atoms with Crippen LogP contribution in [0.1, 0.15) is 11.5 Å². The zero-order valence-corrected chi connectivity index (χ0v) is 14.7. The molecule has 4 rings (SSSR count). The summed E-state index contributed by atoms with van der Waals surface area (Å²) in [5.74, 6) is -1.00. The van der Waals surface area contributed by atoms with Gasteiger partial charge in [0.05, 0.1) is 17.6 Å². The van der Waals surface area contributed by atoms with Gasteiger partial charge in [0.25, 0.3) is 0 Å². The molecule has 27 heavy (non-hydrogen) atoms. The third-order valence-corrected chi connectivity index (χ3v) is 4.81. The van der Waals surface area contributed by atoms with E-state index in [0.29, 0.717) is 15.9 Å². The van der Waals surface area contributed by atoms with E-state index >= 15 is 0 Å². The molecule has 0 radical (unpaired) electrons. The molecule has 0 bridgehead atoms. The van der Waals surface area contributed by atoms with Gasteiger partial charge in [-0.05, 0) is 17.7 Å². The second-order valence-corrected chi connectivity index (χ2v) is 6.62. The van der Waals surface area contributed by atoms with E-state index in [1.807, 2.05) is 36.4 Å². The number of hydrogen-bond donors (Lipinski definition) is 1. The van der Waals surface area contributed by atoms with Gasteiger partial charge in [0.2, 0.25) is 5.82 Å². The van der Waals surface area contributed by atoms with Crippen molar-refractivity contribution in [3.63, 3.8) is 0 Å². The predicted octanol–water partition coefficient (Wildman–Crippen LogP) is 5.38. The van der Waals surface area contributed by atoms with E-state index in [4.69, 9.17) is 0 Å². The second-order valence-electron chi connectivity index (χ2n) is 5.76. The molecule has 0 fully saturated rings. The Kier molecular flexibility index (Phi) is 4.49. The molecule has 3 aromatic heterocycles. The Morgan fingerprint density at radius 1 is 0.963 bits per heavy atom. The average Bonchev–Trinajstić information content (AvgIpc) is 3.11. The van der Waals surface area contributed by atoms with Gasteiger partial charge in [-0.1, -0.05) is 36.4 Å². The molecule has 0 aliphatic rings. The molecule has 1 aromatic carbocycles. The van der Waals surface area contributed by atoms with Crippen LogP contribution in [-0.2, 0) is 12.7 Å². The highest BCUT2D eigenvalue weighted by Crippen LogP contribution is 2.39. The highest BCUT2D eigenvalue weighted by atomic mass is 32.1. The fraction of sp³-hybridized carbons (Fsp3) is 0.105. The Morgan fingerprint density at radius 3 is 2.44 bits per heavy atom. The van der Waals surface area contributed by atoms with Crippen molar-refractivity contribution in [3.05, 3.63) is 71.6 Å². The molecule has 0 unspecified atom stereocenters. The molecule has 0 aliphatic carbocycles. The van der Waals surface area contributed by atoms with Gasteiger partial charge in [-0.25, -0.2) is 9.97 Å². The molecule has 0 spiro atoms. The van der Waals surface area contributed by atoms with Crippen molar-refractivity contribution >= 4 is 27.4 Å². The van der Waals surface area contributed by atoms with E-state index in [-0.39, 0.29) is 12.4 Å². The normalized spacial score (nSPS) is 11.7. The van der Waals surface area contributed by atoms with Crippen molar-refractivity contribution in [2.24, 2.45) is 0 Å². The van der Waals surface area contributed by atoms with Crippen LogP contribution in [0.15, 0.2) is 60.1 Å². The topological polar surface area (TPSA) is 50.7 Å². The molecule has 3 heterocycles. The Hall–Kier alpha value is -3.00. The van der Waals surface area contributed by atoms with Crippen molar-refractivity contribution in [2.45, 2.75) is 12.7 Å². The number of nitrogens with zero attached hydrogens (tertiary/aromatic N) is 3. The van der Waals surface area contributed by atoms with Crippen molar-refractivity contribution in [1.29, 1.82) is 0 Å². The molecule has 4 aromatic rings. The lowest BCUT2D eigenvalue weighted by atomic mass is 10.1. The molecule has 1 N–H and O–H groups in total. The first-order valence-electron chi connectivity index (χ1n) is 8.08. The number of halogens is 3. The highest BCUT2D eigenvalue weighted by Gasteiger charge is 2.36. The smallest absolute Gasteiger partial charge is 0.364 e. The van der Waals surface area contributed by atoms with Crippen LogP contribution in [0, 0.1) is 0 Å². The van der Waals surface area contributed by atoms with Crippen LogP contribution in [0.5, 0.6) is 0 Å². The summed E-state index contributed by atoms with van der Waals surface area (Å²) in [7, 11) is 0. The summed E-state index contributed by atoms with van der Waals surface area (Å²) >= 11 is 1.17. The van der Waals surface area contributed by atoms with E-state index in [9.17, 15) is 13.2 Å². The van der Waals surface area contributed by atoms with Crippen LogP contribution in [0.2, 0.25) is 0 Å². The lowest BCUT2D eigenvalue weighted by molar-refractivity contribution is -0.144. The predicted molar refractivity (Wildman–Crippen MR) is 99.4 cm³/mol. The third kappa shape index (κ3) is 3.61. The number of hydrogen-bond acceptors (Lipinski definition) is 5. The number of aromatic nitrogens is 3. The maximum absolute atomic E-state index is 13.2. The molecule has 136 valence electrons. The first kappa shape index (κ1) is 17.4. The van der Waals surface area contributed by atoms with Crippen molar-refractivity contribution < 1.29 is 13.2 Å². The van der Waals surface area contributed by atoms with E-state index in [1.165, 1.54) is 11.3 Å². The number of rotatable bonds is 4. The summed E-state index contributed by atoms with van der Waals surface area (Å²) in [5.41, 5.74) is 2.40. The van der Waals surface area contributed by atoms with Gasteiger partial charge in [-0.3, -0.25) is 4.98 Å². The van der Waals surface area contributed by atoms with Gasteiger partial charge in [0.15, 0.2) is 0 Å². The fourth-order valence-electron chi connectivity index (χ4n) is 2.70. The van der Waals surface area contributed by atoms with Gasteiger partial charge in [0.1, 0.15) is 10.6 Å². The van der Waals surface area contributed by atoms with Crippen LogP contribution in [0.25, 0.3) is 21.3 Å². The monoisotopic (exact) mass is 386 g/mol. The average molecular weight is 386 g/mol. The first-order valence-corrected chi connectivity index (χ1v) is 8.96. The summed E-state index contributed by atoms with van der Waals surface area (Å²) in [4.78, 5) is 12.0. The molecule has 0 amide bonds. The lowest BCUT2D eigenvalue weighted by Gasteiger charge is -2.12. The van der Waals surface area contributed by atoms with Crippen LogP contribution < -0.4 is 5.32 Å². The van der Waals surface area contributed by atoms with Crippen LogP contribution in [0.3, 0.4) is 0 Å². The number of alkyl halides is 3. The summed E-state index contributed by atoms with van der Waals surface area (Å²) in [6, 6.07) is 14.8. The number of benzene rings is 1. The molecule has 0 aliphatic heterocycles. The Bertz CT molecular complexity index is 1060. The summed E-state index contributed by atoms with van der Waals surface area (Å²) < 4.78 is 39.7. The lowest BCUT2D eigenvalue weighted by Crippen LogP contribution is -2.13.